The second-order valence-corrected chi connectivity index (χ2v) is 3.65. The van der Waals surface area contributed by atoms with Gasteiger partial charge in [-0.3, -0.25) is 4.98 Å². The van der Waals surface area contributed by atoms with Crippen molar-refractivity contribution in [3.05, 3.63) is 35.2 Å². The van der Waals surface area contributed by atoms with Crippen LogP contribution < -0.4 is 4.74 Å². The van der Waals surface area contributed by atoms with Crippen molar-refractivity contribution in [2.75, 3.05) is 6.61 Å². The molecule has 3 heteroatoms. The minimum Gasteiger partial charge on any atom is -0.488 e. The first-order valence-corrected chi connectivity index (χ1v) is 4.97. The number of hydrogen-bond acceptors (Lipinski definition) is 3. The number of aliphatic hydroxyl groups is 1. The largest absolute Gasteiger partial charge is 0.488 e. The molecule has 1 heterocycles. The molecule has 1 N–H and O–H groups in total. The zero-order valence-corrected chi connectivity index (χ0v) is 9.45. The van der Waals surface area contributed by atoms with Gasteiger partial charge in [0.25, 0.3) is 0 Å². The molecule has 3 nitrogen and oxygen atoms in total. The molecule has 0 saturated carbocycles. The van der Waals surface area contributed by atoms with Gasteiger partial charge in [-0.25, -0.2) is 0 Å². The fraction of sp³-hybridized carbons (Fsp3) is 0.417. The van der Waals surface area contributed by atoms with E-state index < -0.39 is 0 Å². The van der Waals surface area contributed by atoms with Gasteiger partial charge in [0.1, 0.15) is 18.1 Å². The summed E-state index contributed by atoms with van der Waals surface area (Å²) in [7, 11) is 0. The van der Waals surface area contributed by atoms with E-state index in [0.29, 0.717) is 18.1 Å². The first-order valence-electron chi connectivity index (χ1n) is 4.97. The monoisotopic (exact) mass is 207 g/mol. The highest BCUT2D eigenvalue weighted by Gasteiger charge is 2.03. The number of hydrogen-bond donors (Lipinski definition) is 1. The molecule has 0 fully saturated rings. The molecule has 1 aromatic rings. The third-order valence-corrected chi connectivity index (χ3v) is 1.95. The van der Waals surface area contributed by atoms with Crippen LogP contribution >= 0.6 is 0 Å². The smallest absolute Gasteiger partial charge is 0.143 e. The van der Waals surface area contributed by atoms with Crippen LogP contribution in [0.5, 0.6) is 5.75 Å². The maximum Gasteiger partial charge on any atom is 0.143 e. The number of ether oxygens (including phenoxy) is 1. The van der Waals surface area contributed by atoms with Crippen molar-refractivity contribution in [3.8, 4) is 5.75 Å². The summed E-state index contributed by atoms with van der Waals surface area (Å²) < 4.78 is 5.49. The lowest BCUT2D eigenvalue weighted by Crippen LogP contribution is -2.01. The Morgan fingerprint density at radius 2 is 2.20 bits per heavy atom. The third-order valence-electron chi connectivity index (χ3n) is 1.95. The summed E-state index contributed by atoms with van der Waals surface area (Å²) in [5.74, 6) is 0.653. The van der Waals surface area contributed by atoms with Gasteiger partial charge in [0.05, 0.1) is 6.61 Å². The summed E-state index contributed by atoms with van der Waals surface area (Å²) in [6, 6.07) is 3.71. The van der Waals surface area contributed by atoms with E-state index in [9.17, 15) is 0 Å². The average Bonchev–Trinajstić information content (AvgIpc) is 2.19. The Kier molecular flexibility index (Phi) is 4.31. The van der Waals surface area contributed by atoms with Crippen molar-refractivity contribution in [3.63, 3.8) is 0 Å². The SMILES string of the molecule is CC(C)=CCOc1ccc(C)nc1CO. The molecular weight excluding hydrogens is 190 g/mol. The highest BCUT2D eigenvalue weighted by molar-refractivity contribution is 5.28. The first kappa shape index (κ1) is 11.7. The summed E-state index contributed by atoms with van der Waals surface area (Å²) in [6.45, 7) is 6.35. The van der Waals surface area contributed by atoms with Crippen LogP contribution in [0.1, 0.15) is 25.2 Å². The van der Waals surface area contributed by atoms with Crippen LogP contribution in [-0.2, 0) is 6.61 Å². The molecule has 0 saturated heterocycles. The first-order chi connectivity index (χ1) is 7.13. The van der Waals surface area contributed by atoms with Crippen LogP contribution in [0.2, 0.25) is 0 Å². The molecule has 0 spiro atoms. The van der Waals surface area contributed by atoms with Gasteiger partial charge < -0.3 is 9.84 Å². The summed E-state index contributed by atoms with van der Waals surface area (Å²) >= 11 is 0. The Balaban J connectivity index is 2.72. The lowest BCUT2D eigenvalue weighted by atomic mass is 10.3. The standard InChI is InChI=1S/C12H17NO2/c1-9(2)6-7-15-12-5-4-10(3)13-11(12)8-14/h4-6,14H,7-8H2,1-3H3. The Bertz CT molecular complexity index is 355. The summed E-state index contributed by atoms with van der Waals surface area (Å²) in [6.07, 6.45) is 1.99. The average molecular weight is 207 g/mol. The van der Waals surface area contributed by atoms with Gasteiger partial charge in [0.15, 0.2) is 0 Å². The van der Waals surface area contributed by atoms with Gasteiger partial charge >= 0.3 is 0 Å². The number of aromatic nitrogens is 1. The molecule has 1 aromatic heterocycles. The molecule has 82 valence electrons. The Hall–Kier alpha value is -1.35. The zero-order valence-electron chi connectivity index (χ0n) is 9.45. The number of rotatable bonds is 4. The quantitative estimate of drug-likeness (QED) is 0.770. The summed E-state index contributed by atoms with van der Waals surface area (Å²) in [4.78, 5) is 4.19. The Morgan fingerprint density at radius 1 is 1.47 bits per heavy atom. The van der Waals surface area contributed by atoms with Crippen LogP contribution in [0.25, 0.3) is 0 Å². The van der Waals surface area contributed by atoms with Gasteiger partial charge in [-0.05, 0) is 39.0 Å². The van der Waals surface area contributed by atoms with Gasteiger partial charge in [-0.15, -0.1) is 0 Å². The predicted octanol–water partition coefficient (Wildman–Crippen LogP) is 2.23. The zero-order chi connectivity index (χ0) is 11.3. The predicted molar refractivity (Wildman–Crippen MR) is 59.8 cm³/mol. The second-order valence-electron chi connectivity index (χ2n) is 3.65. The van der Waals surface area contributed by atoms with E-state index in [1.54, 1.807) is 0 Å². The van der Waals surface area contributed by atoms with Gasteiger partial charge in [0, 0.05) is 5.69 Å². The summed E-state index contributed by atoms with van der Waals surface area (Å²) in [5.41, 5.74) is 2.69. The fourth-order valence-corrected chi connectivity index (χ4v) is 1.14. The minimum absolute atomic E-state index is 0.0914. The molecule has 1 rings (SSSR count). The van der Waals surface area contributed by atoms with Crippen LogP contribution in [0.15, 0.2) is 23.8 Å². The molecule has 0 bridgehead atoms. The molecule has 0 atom stereocenters. The normalized spacial score (nSPS) is 9.87. The molecule has 0 aliphatic rings. The van der Waals surface area contributed by atoms with Crippen molar-refractivity contribution < 1.29 is 9.84 Å². The van der Waals surface area contributed by atoms with Crippen LogP contribution in [0.3, 0.4) is 0 Å². The molecule has 0 aliphatic heterocycles. The highest BCUT2D eigenvalue weighted by atomic mass is 16.5. The maximum absolute atomic E-state index is 9.09. The van der Waals surface area contributed by atoms with E-state index in [1.807, 2.05) is 39.0 Å². The molecule has 15 heavy (non-hydrogen) atoms. The van der Waals surface area contributed by atoms with Crippen molar-refractivity contribution >= 4 is 0 Å². The Labute approximate surface area is 90.4 Å². The maximum atomic E-state index is 9.09. The van der Waals surface area contributed by atoms with Crippen molar-refractivity contribution in [2.45, 2.75) is 27.4 Å². The number of aliphatic hydroxyl groups excluding tert-OH is 1. The van der Waals surface area contributed by atoms with Gasteiger partial charge in [0.2, 0.25) is 0 Å². The van der Waals surface area contributed by atoms with Crippen LogP contribution in [-0.4, -0.2) is 16.7 Å². The molecule has 0 aliphatic carbocycles. The number of pyridine rings is 1. The van der Waals surface area contributed by atoms with E-state index in [-0.39, 0.29) is 6.61 Å². The second kappa shape index (κ2) is 5.51. The van der Waals surface area contributed by atoms with Crippen LogP contribution in [0, 0.1) is 6.92 Å². The topological polar surface area (TPSA) is 42.4 Å². The number of aryl methyl sites for hydroxylation is 1. The van der Waals surface area contributed by atoms with E-state index >= 15 is 0 Å². The minimum atomic E-state index is -0.0914. The van der Waals surface area contributed by atoms with Crippen LogP contribution in [0.4, 0.5) is 0 Å². The Morgan fingerprint density at radius 3 is 2.80 bits per heavy atom. The molecule has 0 unspecified atom stereocenters. The van der Waals surface area contributed by atoms with E-state index in [0.717, 1.165) is 5.69 Å². The third kappa shape index (κ3) is 3.72. The molecular formula is C12H17NO2. The fourth-order valence-electron chi connectivity index (χ4n) is 1.14. The van der Waals surface area contributed by atoms with E-state index in [4.69, 9.17) is 9.84 Å². The number of allylic oxidation sites excluding steroid dienone is 1. The molecule has 0 aromatic carbocycles. The van der Waals surface area contributed by atoms with Crippen molar-refractivity contribution in [1.29, 1.82) is 0 Å². The summed E-state index contributed by atoms with van der Waals surface area (Å²) in [5, 5.41) is 9.09. The molecule has 0 amide bonds. The highest BCUT2D eigenvalue weighted by Crippen LogP contribution is 2.16. The van der Waals surface area contributed by atoms with Crippen molar-refractivity contribution in [1.82, 2.24) is 4.98 Å². The van der Waals surface area contributed by atoms with E-state index in [1.165, 1.54) is 5.57 Å². The van der Waals surface area contributed by atoms with Gasteiger partial charge in [-0.2, -0.15) is 0 Å². The van der Waals surface area contributed by atoms with E-state index in [2.05, 4.69) is 4.98 Å². The lowest BCUT2D eigenvalue weighted by molar-refractivity contribution is 0.263. The molecule has 0 radical (unpaired) electrons. The van der Waals surface area contributed by atoms with Gasteiger partial charge in [-0.1, -0.05) is 5.57 Å². The lowest BCUT2D eigenvalue weighted by Gasteiger charge is -2.08. The van der Waals surface area contributed by atoms with Crippen molar-refractivity contribution in [2.24, 2.45) is 0 Å². The number of nitrogens with zero attached hydrogens (tertiary/aromatic N) is 1.